The molecular formula is C9H10O2. The molecule has 0 saturated heterocycles. The largest absolute Gasteiger partial charge is 0.389 e. The Morgan fingerprint density at radius 1 is 1.45 bits per heavy atom. The lowest BCUT2D eigenvalue weighted by molar-refractivity contribution is 0.111. The molecule has 0 fully saturated rings. The molecular weight excluding hydrogens is 140 g/mol. The van der Waals surface area contributed by atoms with Gasteiger partial charge in [0.25, 0.3) is 0 Å². The van der Waals surface area contributed by atoms with Crippen LogP contribution in [-0.4, -0.2) is 11.4 Å². The fourth-order valence-corrected chi connectivity index (χ4v) is 0.999. The Morgan fingerprint density at radius 3 is 2.55 bits per heavy atom. The molecule has 1 rings (SSSR count). The van der Waals surface area contributed by atoms with Gasteiger partial charge >= 0.3 is 0 Å². The summed E-state index contributed by atoms with van der Waals surface area (Å²) in [5.41, 5.74) is 1.24. The van der Waals surface area contributed by atoms with E-state index in [2.05, 4.69) is 0 Å². The molecule has 58 valence electrons. The summed E-state index contributed by atoms with van der Waals surface area (Å²) in [6, 6.07) is 7.01. The van der Waals surface area contributed by atoms with Crippen LogP contribution in [0, 0.1) is 0 Å². The van der Waals surface area contributed by atoms with Crippen molar-refractivity contribution in [3.05, 3.63) is 35.4 Å². The lowest BCUT2D eigenvalue weighted by Gasteiger charge is -2.05. The second kappa shape index (κ2) is 3.30. The molecule has 0 aliphatic carbocycles. The number of carbonyl (C=O) groups excluding carboxylic acids is 1. The first-order valence-corrected chi connectivity index (χ1v) is 3.48. The zero-order valence-corrected chi connectivity index (χ0v) is 6.32. The Labute approximate surface area is 65.5 Å². The number of aldehydes is 1. The highest BCUT2D eigenvalue weighted by Gasteiger charge is 2.04. The van der Waals surface area contributed by atoms with Gasteiger partial charge in [-0.1, -0.05) is 24.3 Å². The third-order valence-electron chi connectivity index (χ3n) is 1.57. The number of hydrogen-bond acceptors (Lipinski definition) is 2. The lowest BCUT2D eigenvalue weighted by atomic mass is 10.0. The SMILES string of the molecule is CC(O)c1ccccc1C=O. The first-order chi connectivity index (χ1) is 5.25. The molecule has 0 amide bonds. The van der Waals surface area contributed by atoms with E-state index in [1.807, 2.05) is 0 Å². The quantitative estimate of drug-likeness (QED) is 0.649. The van der Waals surface area contributed by atoms with Crippen LogP contribution in [-0.2, 0) is 0 Å². The predicted octanol–water partition coefficient (Wildman–Crippen LogP) is 1.55. The van der Waals surface area contributed by atoms with Crippen LogP contribution >= 0.6 is 0 Å². The average Bonchev–Trinajstić information content (AvgIpc) is 2.04. The Balaban J connectivity index is 3.12. The molecule has 0 saturated carbocycles. The molecule has 1 atom stereocenters. The van der Waals surface area contributed by atoms with Crippen molar-refractivity contribution in [3.63, 3.8) is 0 Å². The highest BCUT2D eigenvalue weighted by Crippen LogP contribution is 2.14. The van der Waals surface area contributed by atoms with E-state index in [1.165, 1.54) is 0 Å². The lowest BCUT2D eigenvalue weighted by Crippen LogP contribution is -1.96. The number of rotatable bonds is 2. The van der Waals surface area contributed by atoms with Crippen LogP contribution in [0.2, 0.25) is 0 Å². The molecule has 1 aromatic rings. The zero-order chi connectivity index (χ0) is 8.27. The van der Waals surface area contributed by atoms with Crippen molar-refractivity contribution in [1.82, 2.24) is 0 Å². The van der Waals surface area contributed by atoms with Gasteiger partial charge in [0.1, 0.15) is 6.29 Å². The monoisotopic (exact) mass is 150 g/mol. The molecule has 2 heteroatoms. The average molecular weight is 150 g/mol. The van der Waals surface area contributed by atoms with Gasteiger partial charge in [-0.05, 0) is 12.5 Å². The first kappa shape index (κ1) is 7.95. The molecule has 1 unspecified atom stereocenters. The minimum absolute atomic E-state index is 0.558. The van der Waals surface area contributed by atoms with Crippen LogP contribution in [0.5, 0.6) is 0 Å². The summed E-state index contributed by atoms with van der Waals surface area (Å²) in [5.74, 6) is 0. The van der Waals surface area contributed by atoms with Crippen LogP contribution in [0.15, 0.2) is 24.3 Å². The van der Waals surface area contributed by atoms with Crippen LogP contribution in [0.25, 0.3) is 0 Å². The Hall–Kier alpha value is -1.15. The second-order valence-corrected chi connectivity index (χ2v) is 2.42. The van der Waals surface area contributed by atoms with Gasteiger partial charge in [0.05, 0.1) is 6.10 Å². The second-order valence-electron chi connectivity index (χ2n) is 2.42. The topological polar surface area (TPSA) is 37.3 Å². The van der Waals surface area contributed by atoms with Gasteiger partial charge in [-0.15, -0.1) is 0 Å². The molecule has 0 heterocycles. The number of benzene rings is 1. The molecule has 0 spiro atoms. The summed E-state index contributed by atoms with van der Waals surface area (Å²) in [7, 11) is 0. The van der Waals surface area contributed by atoms with Crippen LogP contribution < -0.4 is 0 Å². The van der Waals surface area contributed by atoms with Crippen LogP contribution in [0.4, 0.5) is 0 Å². The normalized spacial score (nSPS) is 12.5. The van der Waals surface area contributed by atoms with E-state index >= 15 is 0 Å². The first-order valence-electron chi connectivity index (χ1n) is 3.48. The van der Waals surface area contributed by atoms with Crippen molar-refractivity contribution in [3.8, 4) is 0 Å². The number of carbonyl (C=O) groups is 1. The molecule has 2 nitrogen and oxygen atoms in total. The Bertz CT molecular complexity index is 253. The number of hydrogen-bond donors (Lipinski definition) is 1. The fraction of sp³-hybridized carbons (Fsp3) is 0.222. The minimum atomic E-state index is -0.573. The standard InChI is InChI=1S/C9H10O2/c1-7(11)9-5-3-2-4-8(9)6-10/h2-7,11H,1H3. The van der Waals surface area contributed by atoms with E-state index in [0.717, 1.165) is 6.29 Å². The molecule has 1 aromatic carbocycles. The van der Waals surface area contributed by atoms with Crippen molar-refractivity contribution < 1.29 is 9.90 Å². The van der Waals surface area contributed by atoms with Crippen molar-refractivity contribution in [2.45, 2.75) is 13.0 Å². The zero-order valence-electron chi connectivity index (χ0n) is 6.32. The maximum atomic E-state index is 10.4. The summed E-state index contributed by atoms with van der Waals surface area (Å²) in [5, 5.41) is 9.18. The van der Waals surface area contributed by atoms with Crippen molar-refractivity contribution in [1.29, 1.82) is 0 Å². The van der Waals surface area contributed by atoms with Gasteiger partial charge in [-0.3, -0.25) is 4.79 Å². The van der Waals surface area contributed by atoms with E-state index in [9.17, 15) is 9.90 Å². The maximum absolute atomic E-state index is 10.4. The fourth-order valence-electron chi connectivity index (χ4n) is 0.999. The van der Waals surface area contributed by atoms with E-state index in [0.29, 0.717) is 11.1 Å². The molecule has 0 aliphatic rings. The van der Waals surface area contributed by atoms with Gasteiger partial charge < -0.3 is 5.11 Å². The molecule has 1 N–H and O–H groups in total. The van der Waals surface area contributed by atoms with E-state index in [-0.39, 0.29) is 0 Å². The van der Waals surface area contributed by atoms with Gasteiger partial charge in [0, 0.05) is 5.56 Å². The summed E-state index contributed by atoms with van der Waals surface area (Å²) < 4.78 is 0. The van der Waals surface area contributed by atoms with Crippen molar-refractivity contribution in [2.24, 2.45) is 0 Å². The third-order valence-corrected chi connectivity index (χ3v) is 1.57. The van der Waals surface area contributed by atoms with Crippen LogP contribution in [0.1, 0.15) is 28.9 Å². The maximum Gasteiger partial charge on any atom is 0.150 e. The highest BCUT2D eigenvalue weighted by atomic mass is 16.3. The van der Waals surface area contributed by atoms with Gasteiger partial charge in [0.15, 0.2) is 0 Å². The van der Waals surface area contributed by atoms with Gasteiger partial charge in [-0.2, -0.15) is 0 Å². The summed E-state index contributed by atoms with van der Waals surface area (Å²) >= 11 is 0. The molecule has 0 bridgehead atoms. The smallest absolute Gasteiger partial charge is 0.150 e. The van der Waals surface area contributed by atoms with E-state index in [4.69, 9.17) is 0 Å². The van der Waals surface area contributed by atoms with Crippen LogP contribution in [0.3, 0.4) is 0 Å². The number of aliphatic hydroxyl groups is 1. The Morgan fingerprint density at radius 2 is 2.09 bits per heavy atom. The van der Waals surface area contributed by atoms with E-state index < -0.39 is 6.10 Å². The molecule has 0 radical (unpaired) electrons. The number of aliphatic hydroxyl groups excluding tert-OH is 1. The minimum Gasteiger partial charge on any atom is -0.389 e. The van der Waals surface area contributed by atoms with E-state index in [1.54, 1.807) is 31.2 Å². The summed E-state index contributed by atoms with van der Waals surface area (Å²) in [4.78, 5) is 10.4. The summed E-state index contributed by atoms with van der Waals surface area (Å²) in [6.45, 7) is 1.64. The molecule has 0 aliphatic heterocycles. The van der Waals surface area contributed by atoms with Crippen molar-refractivity contribution in [2.75, 3.05) is 0 Å². The summed E-state index contributed by atoms with van der Waals surface area (Å²) in [6.07, 6.45) is 0.179. The highest BCUT2D eigenvalue weighted by molar-refractivity contribution is 5.77. The molecule has 0 aromatic heterocycles. The van der Waals surface area contributed by atoms with Gasteiger partial charge in [0.2, 0.25) is 0 Å². The predicted molar refractivity (Wildman–Crippen MR) is 42.5 cm³/mol. The Kier molecular flexibility index (Phi) is 2.39. The molecule has 11 heavy (non-hydrogen) atoms. The van der Waals surface area contributed by atoms with Crippen molar-refractivity contribution >= 4 is 6.29 Å². The van der Waals surface area contributed by atoms with Gasteiger partial charge in [-0.25, -0.2) is 0 Å². The third kappa shape index (κ3) is 1.65.